The maximum absolute atomic E-state index is 12.1. The maximum atomic E-state index is 12.1. The van der Waals surface area contributed by atoms with Gasteiger partial charge in [-0.1, -0.05) is 66.5 Å². The molecule has 2 aromatic carbocycles. The van der Waals surface area contributed by atoms with Crippen molar-refractivity contribution >= 4 is 29.1 Å². The first-order valence-corrected chi connectivity index (χ1v) is 8.65. The molecule has 0 aliphatic heterocycles. The zero-order valence-corrected chi connectivity index (χ0v) is 15.4. The van der Waals surface area contributed by atoms with E-state index in [1.807, 2.05) is 42.3 Å². The average Bonchev–Trinajstić information content (AvgIpc) is 2.56. The SMILES string of the molecule is C[C@@H](CNC(=O)CN(C)Cc1ccc(Cl)c(Cl)c1)c1ccccc1. The summed E-state index contributed by atoms with van der Waals surface area (Å²) in [5, 5.41) is 4.06. The number of nitrogens with one attached hydrogen (secondary N) is 1. The molecule has 0 aromatic heterocycles. The van der Waals surface area contributed by atoms with Gasteiger partial charge >= 0.3 is 0 Å². The van der Waals surface area contributed by atoms with E-state index in [0.29, 0.717) is 29.7 Å². The van der Waals surface area contributed by atoms with Gasteiger partial charge in [-0.3, -0.25) is 9.69 Å². The van der Waals surface area contributed by atoms with Gasteiger partial charge in [-0.15, -0.1) is 0 Å². The highest BCUT2D eigenvalue weighted by Gasteiger charge is 2.10. The molecule has 2 aromatic rings. The van der Waals surface area contributed by atoms with Crippen molar-refractivity contribution in [1.82, 2.24) is 10.2 Å². The summed E-state index contributed by atoms with van der Waals surface area (Å²) in [5.41, 5.74) is 2.25. The summed E-state index contributed by atoms with van der Waals surface area (Å²) in [4.78, 5) is 14.0. The predicted molar refractivity (Wildman–Crippen MR) is 101 cm³/mol. The van der Waals surface area contributed by atoms with Crippen LogP contribution in [0.15, 0.2) is 48.5 Å². The normalized spacial score (nSPS) is 12.2. The summed E-state index contributed by atoms with van der Waals surface area (Å²) in [5.74, 6) is 0.302. The van der Waals surface area contributed by atoms with Crippen molar-refractivity contribution in [1.29, 1.82) is 0 Å². The second-order valence-electron chi connectivity index (χ2n) is 6.04. The first-order valence-electron chi connectivity index (χ1n) is 7.90. The Morgan fingerprint density at radius 2 is 1.83 bits per heavy atom. The minimum Gasteiger partial charge on any atom is -0.354 e. The van der Waals surface area contributed by atoms with Gasteiger partial charge in [-0.25, -0.2) is 0 Å². The van der Waals surface area contributed by atoms with Crippen LogP contribution < -0.4 is 5.32 Å². The smallest absolute Gasteiger partial charge is 0.234 e. The molecule has 0 heterocycles. The Balaban J connectivity index is 1.78. The molecule has 0 saturated carbocycles. The fraction of sp³-hybridized carbons (Fsp3) is 0.316. The molecule has 5 heteroatoms. The van der Waals surface area contributed by atoms with E-state index in [0.717, 1.165) is 5.56 Å². The lowest BCUT2D eigenvalue weighted by Crippen LogP contribution is -2.36. The van der Waals surface area contributed by atoms with Crippen molar-refractivity contribution in [3.05, 3.63) is 69.7 Å². The molecule has 2 rings (SSSR count). The van der Waals surface area contributed by atoms with Gasteiger partial charge in [0.25, 0.3) is 0 Å². The van der Waals surface area contributed by atoms with Gasteiger partial charge < -0.3 is 5.32 Å². The molecule has 3 nitrogen and oxygen atoms in total. The average molecular weight is 365 g/mol. The monoisotopic (exact) mass is 364 g/mol. The fourth-order valence-electron chi connectivity index (χ4n) is 2.47. The standard InChI is InChI=1S/C19H22Cl2N2O/c1-14(16-6-4-3-5-7-16)11-22-19(24)13-23(2)12-15-8-9-17(20)18(21)10-15/h3-10,14H,11-13H2,1-2H3,(H,22,24)/t14-/m0/s1. The third-order valence-electron chi connectivity index (χ3n) is 3.82. The lowest BCUT2D eigenvalue weighted by molar-refractivity contribution is -0.122. The van der Waals surface area contributed by atoms with Crippen LogP contribution in [-0.4, -0.2) is 30.9 Å². The molecule has 1 N–H and O–H groups in total. The molecule has 0 unspecified atom stereocenters. The molecule has 24 heavy (non-hydrogen) atoms. The van der Waals surface area contributed by atoms with Crippen LogP contribution in [0.1, 0.15) is 24.0 Å². The van der Waals surface area contributed by atoms with Crippen molar-refractivity contribution < 1.29 is 4.79 Å². The number of hydrogen-bond donors (Lipinski definition) is 1. The minimum atomic E-state index is 0.0142. The molecule has 0 radical (unpaired) electrons. The van der Waals surface area contributed by atoms with Crippen LogP contribution in [0.4, 0.5) is 0 Å². The van der Waals surface area contributed by atoms with Crippen molar-refractivity contribution in [2.45, 2.75) is 19.4 Å². The number of carbonyl (C=O) groups excluding carboxylic acids is 1. The number of amides is 1. The van der Waals surface area contributed by atoms with Crippen LogP contribution in [0, 0.1) is 0 Å². The summed E-state index contributed by atoms with van der Waals surface area (Å²) in [7, 11) is 1.91. The van der Waals surface area contributed by atoms with Crippen LogP contribution in [0.2, 0.25) is 10.0 Å². The number of nitrogens with zero attached hydrogens (tertiary/aromatic N) is 1. The molecule has 0 spiro atoms. The van der Waals surface area contributed by atoms with Crippen LogP contribution >= 0.6 is 23.2 Å². The predicted octanol–water partition coefficient (Wildman–Crippen LogP) is 4.35. The van der Waals surface area contributed by atoms with E-state index in [-0.39, 0.29) is 11.8 Å². The molecule has 0 saturated heterocycles. The van der Waals surface area contributed by atoms with Crippen molar-refractivity contribution in [3.8, 4) is 0 Å². The number of hydrogen-bond acceptors (Lipinski definition) is 2. The van der Waals surface area contributed by atoms with E-state index < -0.39 is 0 Å². The highest BCUT2D eigenvalue weighted by atomic mass is 35.5. The van der Waals surface area contributed by atoms with E-state index in [9.17, 15) is 4.79 Å². The van der Waals surface area contributed by atoms with Crippen LogP contribution in [0.5, 0.6) is 0 Å². The molecule has 1 amide bonds. The minimum absolute atomic E-state index is 0.0142. The number of rotatable bonds is 7. The fourth-order valence-corrected chi connectivity index (χ4v) is 2.79. The Morgan fingerprint density at radius 1 is 1.12 bits per heavy atom. The number of halogens is 2. The Bertz CT molecular complexity index is 676. The Kier molecular flexibility index (Phi) is 7.10. The molecule has 0 fully saturated rings. The number of likely N-dealkylation sites (N-methyl/N-ethyl adjacent to an activating group) is 1. The molecule has 128 valence electrons. The van der Waals surface area contributed by atoms with Crippen molar-refractivity contribution in [2.75, 3.05) is 20.1 Å². The summed E-state index contributed by atoms with van der Waals surface area (Å²) >= 11 is 11.9. The van der Waals surface area contributed by atoms with Gasteiger partial charge in [0, 0.05) is 13.1 Å². The van der Waals surface area contributed by atoms with E-state index in [1.165, 1.54) is 5.56 Å². The number of benzene rings is 2. The molecule has 0 aliphatic rings. The van der Waals surface area contributed by atoms with Crippen LogP contribution in [0.3, 0.4) is 0 Å². The summed E-state index contributed by atoms with van der Waals surface area (Å²) < 4.78 is 0. The van der Waals surface area contributed by atoms with E-state index in [1.54, 1.807) is 6.07 Å². The van der Waals surface area contributed by atoms with Gasteiger partial charge in [0.15, 0.2) is 0 Å². The molecule has 1 atom stereocenters. The summed E-state index contributed by atoms with van der Waals surface area (Å²) in [6, 6.07) is 15.7. The lowest BCUT2D eigenvalue weighted by Gasteiger charge is -2.18. The maximum Gasteiger partial charge on any atom is 0.234 e. The highest BCUT2D eigenvalue weighted by Crippen LogP contribution is 2.23. The lowest BCUT2D eigenvalue weighted by atomic mass is 10.0. The van der Waals surface area contributed by atoms with Crippen LogP contribution in [-0.2, 0) is 11.3 Å². The molecule has 0 bridgehead atoms. The summed E-state index contributed by atoms with van der Waals surface area (Å²) in [6.07, 6.45) is 0. The zero-order valence-electron chi connectivity index (χ0n) is 13.9. The highest BCUT2D eigenvalue weighted by molar-refractivity contribution is 6.42. The quantitative estimate of drug-likeness (QED) is 0.792. The Morgan fingerprint density at radius 3 is 2.50 bits per heavy atom. The first-order chi connectivity index (χ1) is 11.5. The molecule has 0 aliphatic carbocycles. The van der Waals surface area contributed by atoms with Crippen molar-refractivity contribution in [2.24, 2.45) is 0 Å². The topological polar surface area (TPSA) is 32.3 Å². The van der Waals surface area contributed by atoms with E-state index in [2.05, 4.69) is 24.4 Å². The third-order valence-corrected chi connectivity index (χ3v) is 4.56. The summed E-state index contributed by atoms with van der Waals surface area (Å²) in [6.45, 7) is 3.71. The largest absolute Gasteiger partial charge is 0.354 e. The third kappa shape index (κ3) is 5.82. The Hall–Kier alpha value is -1.55. The Labute approximate surface area is 153 Å². The second-order valence-corrected chi connectivity index (χ2v) is 6.85. The zero-order chi connectivity index (χ0) is 17.5. The van der Waals surface area contributed by atoms with Gasteiger partial charge in [-0.2, -0.15) is 0 Å². The van der Waals surface area contributed by atoms with Gasteiger partial charge in [0.05, 0.1) is 16.6 Å². The van der Waals surface area contributed by atoms with Gasteiger partial charge in [0.1, 0.15) is 0 Å². The number of carbonyl (C=O) groups is 1. The van der Waals surface area contributed by atoms with E-state index in [4.69, 9.17) is 23.2 Å². The molecular weight excluding hydrogens is 343 g/mol. The second kappa shape index (κ2) is 9.07. The molecular formula is C19H22Cl2N2O. The van der Waals surface area contributed by atoms with Gasteiger partial charge in [0.2, 0.25) is 5.91 Å². The van der Waals surface area contributed by atoms with Crippen molar-refractivity contribution in [3.63, 3.8) is 0 Å². The van der Waals surface area contributed by atoms with Crippen LogP contribution in [0.25, 0.3) is 0 Å². The van der Waals surface area contributed by atoms with E-state index >= 15 is 0 Å². The van der Waals surface area contributed by atoms with Gasteiger partial charge in [-0.05, 0) is 36.2 Å². The first kappa shape index (κ1) is 18.8.